The molecule has 1 amide bonds. The Hall–Kier alpha value is -2.15. The van der Waals surface area contributed by atoms with Crippen molar-refractivity contribution in [3.8, 4) is 0 Å². The summed E-state index contributed by atoms with van der Waals surface area (Å²) in [4.78, 5) is 20.3. The van der Waals surface area contributed by atoms with Crippen LogP contribution < -0.4 is 11.1 Å². The Morgan fingerprint density at radius 3 is 2.57 bits per heavy atom. The molecule has 1 aromatic carbocycles. The molecule has 0 spiro atoms. The molecule has 0 atom stereocenters. The van der Waals surface area contributed by atoms with Crippen LogP contribution in [0.15, 0.2) is 29.4 Å². The molecule has 0 aliphatic carbocycles. The van der Waals surface area contributed by atoms with Crippen molar-refractivity contribution in [2.75, 3.05) is 16.8 Å². The Bertz CT molecular complexity index is 658. The molecule has 0 radical (unpaired) electrons. The third-order valence-electron chi connectivity index (χ3n) is 2.57. The van der Waals surface area contributed by atoms with Crippen LogP contribution in [-0.2, 0) is 4.79 Å². The predicted octanol–water partition coefficient (Wildman–Crippen LogP) is 2.55. The van der Waals surface area contributed by atoms with Crippen molar-refractivity contribution in [2.24, 2.45) is 0 Å². The third kappa shape index (κ3) is 4.42. The Morgan fingerprint density at radius 2 is 1.95 bits per heavy atom. The number of halogens is 1. The lowest BCUT2D eigenvalue weighted by Crippen LogP contribution is -2.14. The van der Waals surface area contributed by atoms with E-state index in [2.05, 4.69) is 15.3 Å². The minimum absolute atomic E-state index is 0.00176. The summed E-state index contributed by atoms with van der Waals surface area (Å²) in [6.45, 7) is 3.75. The number of anilines is 2. The molecule has 1 aromatic heterocycles. The number of nitrogens with zero attached hydrogens (tertiary/aromatic N) is 2. The summed E-state index contributed by atoms with van der Waals surface area (Å²) >= 11 is 1.24. The molecule has 0 unspecified atom stereocenters. The van der Waals surface area contributed by atoms with Gasteiger partial charge in [-0.25, -0.2) is 14.4 Å². The molecule has 0 fully saturated rings. The summed E-state index contributed by atoms with van der Waals surface area (Å²) in [5.74, 6) is -0.569. The van der Waals surface area contributed by atoms with E-state index < -0.39 is 5.82 Å². The summed E-state index contributed by atoms with van der Waals surface area (Å²) in [7, 11) is 0. The normalized spacial score (nSPS) is 10.4. The highest BCUT2D eigenvalue weighted by Crippen LogP contribution is 2.18. The van der Waals surface area contributed by atoms with E-state index in [-0.39, 0.29) is 17.3 Å². The summed E-state index contributed by atoms with van der Waals surface area (Å²) in [5.41, 5.74) is 7.62. The first-order chi connectivity index (χ1) is 9.94. The maximum atomic E-state index is 13.0. The molecule has 5 nitrogen and oxygen atoms in total. The molecule has 110 valence electrons. The van der Waals surface area contributed by atoms with Crippen molar-refractivity contribution in [1.29, 1.82) is 0 Å². The SMILES string of the molecule is Cc1cc(C)nc(SCC(=O)Nc2ccc(F)c(N)c2)n1. The Kier molecular flexibility index (Phi) is 4.74. The van der Waals surface area contributed by atoms with Crippen LogP contribution >= 0.6 is 11.8 Å². The van der Waals surface area contributed by atoms with Crippen LogP contribution in [0.4, 0.5) is 15.8 Å². The van der Waals surface area contributed by atoms with E-state index in [0.29, 0.717) is 10.8 Å². The largest absolute Gasteiger partial charge is 0.396 e. The quantitative estimate of drug-likeness (QED) is 0.515. The van der Waals surface area contributed by atoms with Gasteiger partial charge in [-0.1, -0.05) is 11.8 Å². The Balaban J connectivity index is 1.94. The van der Waals surface area contributed by atoms with E-state index in [4.69, 9.17) is 5.73 Å². The van der Waals surface area contributed by atoms with Crippen LogP contribution in [0.5, 0.6) is 0 Å². The van der Waals surface area contributed by atoms with Crippen LogP contribution in [0.2, 0.25) is 0 Å². The van der Waals surface area contributed by atoms with Gasteiger partial charge in [0.25, 0.3) is 0 Å². The second-order valence-corrected chi connectivity index (χ2v) is 5.45. The molecule has 1 heterocycles. The number of amides is 1. The molecule has 0 aliphatic heterocycles. The molecule has 7 heteroatoms. The van der Waals surface area contributed by atoms with E-state index >= 15 is 0 Å². The first-order valence-corrected chi connectivity index (χ1v) is 7.22. The molecule has 21 heavy (non-hydrogen) atoms. The maximum Gasteiger partial charge on any atom is 0.234 e. The van der Waals surface area contributed by atoms with Gasteiger partial charge < -0.3 is 11.1 Å². The molecule has 0 saturated carbocycles. The van der Waals surface area contributed by atoms with Crippen molar-refractivity contribution < 1.29 is 9.18 Å². The van der Waals surface area contributed by atoms with E-state index in [1.807, 2.05) is 19.9 Å². The van der Waals surface area contributed by atoms with Gasteiger partial charge in [0.1, 0.15) is 5.82 Å². The molecule has 3 N–H and O–H groups in total. The summed E-state index contributed by atoms with van der Waals surface area (Å²) < 4.78 is 13.0. The molecule has 2 aromatic rings. The zero-order valence-electron chi connectivity index (χ0n) is 11.7. The highest BCUT2D eigenvalue weighted by atomic mass is 32.2. The summed E-state index contributed by atoms with van der Waals surface area (Å²) in [6.07, 6.45) is 0. The summed E-state index contributed by atoms with van der Waals surface area (Å²) in [6, 6.07) is 5.92. The first kappa shape index (κ1) is 15.2. The Labute approximate surface area is 126 Å². The number of thioether (sulfide) groups is 1. The average Bonchev–Trinajstić information content (AvgIpc) is 2.40. The highest BCUT2D eigenvalue weighted by Gasteiger charge is 2.07. The number of carbonyl (C=O) groups is 1. The number of carbonyl (C=O) groups excluding carboxylic acids is 1. The summed E-state index contributed by atoms with van der Waals surface area (Å²) in [5, 5.41) is 3.20. The Morgan fingerprint density at radius 1 is 1.29 bits per heavy atom. The zero-order valence-corrected chi connectivity index (χ0v) is 12.5. The molecular weight excluding hydrogens is 291 g/mol. The number of hydrogen-bond donors (Lipinski definition) is 2. The van der Waals surface area contributed by atoms with Gasteiger partial charge >= 0.3 is 0 Å². The van der Waals surface area contributed by atoms with E-state index in [1.54, 1.807) is 0 Å². The number of nitrogens with two attached hydrogens (primary N) is 1. The molecule has 0 saturated heterocycles. The average molecular weight is 306 g/mol. The number of aromatic nitrogens is 2. The van der Waals surface area contributed by atoms with Gasteiger partial charge in [0.05, 0.1) is 11.4 Å². The topological polar surface area (TPSA) is 80.9 Å². The van der Waals surface area contributed by atoms with Gasteiger partial charge in [-0.15, -0.1) is 0 Å². The van der Waals surface area contributed by atoms with Crippen molar-refractivity contribution in [1.82, 2.24) is 9.97 Å². The fraction of sp³-hybridized carbons (Fsp3) is 0.214. The highest BCUT2D eigenvalue weighted by molar-refractivity contribution is 7.99. The lowest BCUT2D eigenvalue weighted by molar-refractivity contribution is -0.113. The monoisotopic (exact) mass is 306 g/mol. The van der Waals surface area contributed by atoms with Crippen molar-refractivity contribution in [2.45, 2.75) is 19.0 Å². The van der Waals surface area contributed by atoms with Crippen LogP contribution in [0.3, 0.4) is 0 Å². The fourth-order valence-corrected chi connectivity index (χ4v) is 2.46. The van der Waals surface area contributed by atoms with Gasteiger partial charge in [-0.2, -0.15) is 0 Å². The predicted molar refractivity (Wildman–Crippen MR) is 81.7 cm³/mol. The number of nitrogen functional groups attached to an aromatic ring is 1. The fourth-order valence-electron chi connectivity index (χ4n) is 1.71. The van der Waals surface area contributed by atoms with Crippen LogP contribution in [0, 0.1) is 19.7 Å². The standard InChI is InChI=1S/C14H15FN4OS/c1-8-5-9(2)18-14(17-8)21-7-13(20)19-10-3-4-11(15)12(16)6-10/h3-6H,7,16H2,1-2H3,(H,19,20). The number of hydrogen-bond acceptors (Lipinski definition) is 5. The second-order valence-electron chi connectivity index (χ2n) is 4.51. The zero-order chi connectivity index (χ0) is 15.4. The van der Waals surface area contributed by atoms with Gasteiger partial charge in [0, 0.05) is 17.1 Å². The number of rotatable bonds is 4. The lowest BCUT2D eigenvalue weighted by Gasteiger charge is -2.06. The van der Waals surface area contributed by atoms with Gasteiger partial charge in [0.15, 0.2) is 5.16 Å². The van der Waals surface area contributed by atoms with Crippen molar-refractivity contribution in [3.63, 3.8) is 0 Å². The van der Waals surface area contributed by atoms with Crippen LogP contribution in [-0.4, -0.2) is 21.6 Å². The number of nitrogens with one attached hydrogen (secondary N) is 1. The molecule has 2 rings (SSSR count). The lowest BCUT2D eigenvalue weighted by atomic mass is 10.2. The van der Waals surface area contributed by atoms with Gasteiger partial charge in [0.2, 0.25) is 5.91 Å². The second kappa shape index (κ2) is 6.53. The maximum absolute atomic E-state index is 13.0. The van der Waals surface area contributed by atoms with Crippen molar-refractivity contribution in [3.05, 3.63) is 41.5 Å². The molecular formula is C14H15FN4OS. The van der Waals surface area contributed by atoms with E-state index in [0.717, 1.165) is 11.4 Å². The minimum Gasteiger partial charge on any atom is -0.396 e. The molecule has 0 aliphatic rings. The third-order valence-corrected chi connectivity index (χ3v) is 3.42. The van der Waals surface area contributed by atoms with E-state index in [1.165, 1.54) is 30.0 Å². The number of aryl methyl sites for hydroxylation is 2. The minimum atomic E-state index is -0.508. The van der Waals surface area contributed by atoms with E-state index in [9.17, 15) is 9.18 Å². The van der Waals surface area contributed by atoms with Crippen molar-refractivity contribution >= 4 is 29.0 Å². The van der Waals surface area contributed by atoms with Gasteiger partial charge in [-0.3, -0.25) is 4.79 Å². The van der Waals surface area contributed by atoms with Crippen LogP contribution in [0.25, 0.3) is 0 Å². The number of benzene rings is 1. The van der Waals surface area contributed by atoms with Crippen LogP contribution in [0.1, 0.15) is 11.4 Å². The smallest absolute Gasteiger partial charge is 0.234 e. The van der Waals surface area contributed by atoms with Gasteiger partial charge in [-0.05, 0) is 38.1 Å². The first-order valence-electron chi connectivity index (χ1n) is 6.24. The molecule has 0 bridgehead atoms.